The summed E-state index contributed by atoms with van der Waals surface area (Å²) in [6.07, 6.45) is 0. The standard InChI is InChI=1S/C12H18N2O4/c1-7(12(18)14(2)3)13-6-8-4-5-9(15)11(17)10(8)16/h4-5,7,13,15-17H,6H2,1-3H3. The number of rotatable bonds is 4. The van der Waals surface area contributed by atoms with Crippen LogP contribution in [0.5, 0.6) is 17.2 Å². The lowest BCUT2D eigenvalue weighted by atomic mass is 10.1. The third kappa shape index (κ3) is 3.04. The van der Waals surface area contributed by atoms with Gasteiger partial charge in [-0.25, -0.2) is 0 Å². The Balaban J connectivity index is 2.70. The summed E-state index contributed by atoms with van der Waals surface area (Å²) in [4.78, 5) is 13.0. The van der Waals surface area contributed by atoms with Crippen LogP contribution in [0, 0.1) is 0 Å². The number of nitrogens with one attached hydrogen (secondary N) is 1. The minimum absolute atomic E-state index is 0.0857. The van der Waals surface area contributed by atoms with E-state index in [9.17, 15) is 20.1 Å². The first-order valence-corrected chi connectivity index (χ1v) is 5.52. The highest BCUT2D eigenvalue weighted by Crippen LogP contribution is 2.36. The SMILES string of the molecule is CC(NCc1ccc(O)c(O)c1O)C(=O)N(C)C. The average molecular weight is 254 g/mol. The summed E-state index contributed by atoms with van der Waals surface area (Å²) in [6.45, 7) is 1.92. The number of carbonyl (C=O) groups excluding carboxylic acids is 1. The van der Waals surface area contributed by atoms with Gasteiger partial charge in [0.1, 0.15) is 0 Å². The summed E-state index contributed by atoms with van der Waals surface area (Å²) in [6, 6.07) is 2.35. The summed E-state index contributed by atoms with van der Waals surface area (Å²) < 4.78 is 0. The van der Waals surface area contributed by atoms with Crippen LogP contribution in [-0.2, 0) is 11.3 Å². The fraction of sp³-hybridized carbons (Fsp3) is 0.417. The molecule has 1 aromatic rings. The van der Waals surface area contributed by atoms with Crippen LogP contribution in [0.3, 0.4) is 0 Å². The lowest BCUT2D eigenvalue weighted by molar-refractivity contribution is -0.130. The van der Waals surface area contributed by atoms with Crippen molar-refractivity contribution in [2.45, 2.75) is 19.5 Å². The number of phenolic OH excluding ortho intramolecular Hbond substituents is 3. The van der Waals surface area contributed by atoms with Crippen molar-refractivity contribution in [2.24, 2.45) is 0 Å². The number of aromatic hydroxyl groups is 3. The van der Waals surface area contributed by atoms with Gasteiger partial charge in [0.15, 0.2) is 11.5 Å². The van der Waals surface area contributed by atoms with Gasteiger partial charge in [-0.3, -0.25) is 4.79 Å². The first-order valence-electron chi connectivity index (χ1n) is 5.52. The van der Waals surface area contributed by atoms with Crippen LogP contribution in [0.25, 0.3) is 0 Å². The van der Waals surface area contributed by atoms with Crippen LogP contribution in [0.1, 0.15) is 12.5 Å². The highest BCUT2D eigenvalue weighted by Gasteiger charge is 2.16. The summed E-state index contributed by atoms with van der Waals surface area (Å²) in [7, 11) is 3.31. The van der Waals surface area contributed by atoms with E-state index in [0.717, 1.165) is 0 Å². The Morgan fingerprint density at radius 2 is 1.89 bits per heavy atom. The number of hydrogen-bond donors (Lipinski definition) is 4. The Labute approximate surface area is 105 Å². The minimum atomic E-state index is -0.555. The van der Waals surface area contributed by atoms with Gasteiger partial charge in [0.05, 0.1) is 6.04 Å². The lowest BCUT2D eigenvalue weighted by Crippen LogP contribution is -2.41. The van der Waals surface area contributed by atoms with Gasteiger partial charge in [-0.1, -0.05) is 6.07 Å². The number of carbonyl (C=O) groups is 1. The monoisotopic (exact) mass is 254 g/mol. The summed E-state index contributed by atoms with van der Waals surface area (Å²) in [5, 5.41) is 31.0. The zero-order valence-corrected chi connectivity index (χ0v) is 10.6. The van der Waals surface area contributed by atoms with Gasteiger partial charge in [0.25, 0.3) is 0 Å². The maximum atomic E-state index is 11.6. The van der Waals surface area contributed by atoms with Crippen molar-refractivity contribution in [1.29, 1.82) is 0 Å². The molecule has 0 fully saturated rings. The Kier molecular flexibility index (Phi) is 4.38. The molecule has 1 aromatic carbocycles. The van der Waals surface area contributed by atoms with E-state index in [4.69, 9.17) is 0 Å². The number of benzene rings is 1. The molecule has 0 spiro atoms. The van der Waals surface area contributed by atoms with Gasteiger partial charge < -0.3 is 25.5 Å². The molecule has 0 aliphatic rings. The van der Waals surface area contributed by atoms with Crippen molar-refractivity contribution in [3.63, 3.8) is 0 Å². The summed E-state index contributed by atoms with van der Waals surface area (Å²) in [5.41, 5.74) is 0.406. The largest absolute Gasteiger partial charge is 0.504 e. The number of likely N-dealkylation sites (N-methyl/N-ethyl adjacent to an activating group) is 1. The van der Waals surface area contributed by atoms with Crippen LogP contribution in [0.4, 0.5) is 0 Å². The molecule has 18 heavy (non-hydrogen) atoms. The maximum absolute atomic E-state index is 11.6. The normalized spacial score (nSPS) is 12.2. The third-order valence-electron chi connectivity index (χ3n) is 2.62. The van der Waals surface area contributed by atoms with Gasteiger partial charge in [-0.2, -0.15) is 0 Å². The second-order valence-corrected chi connectivity index (χ2v) is 4.28. The highest BCUT2D eigenvalue weighted by molar-refractivity contribution is 5.80. The van der Waals surface area contributed by atoms with Crippen molar-refractivity contribution in [3.05, 3.63) is 17.7 Å². The fourth-order valence-electron chi connectivity index (χ4n) is 1.49. The molecule has 6 nitrogen and oxygen atoms in total. The molecule has 4 N–H and O–H groups in total. The summed E-state index contributed by atoms with van der Waals surface area (Å²) >= 11 is 0. The molecule has 0 radical (unpaired) electrons. The Morgan fingerprint density at radius 3 is 2.44 bits per heavy atom. The first-order chi connectivity index (χ1) is 8.34. The van der Waals surface area contributed by atoms with Crippen LogP contribution in [0.2, 0.25) is 0 Å². The molecule has 1 amide bonds. The summed E-state index contributed by atoms with van der Waals surface area (Å²) in [5.74, 6) is -1.40. The van der Waals surface area contributed by atoms with Crippen molar-refractivity contribution in [1.82, 2.24) is 10.2 Å². The van der Waals surface area contributed by atoms with E-state index in [1.807, 2.05) is 0 Å². The Hall–Kier alpha value is -1.95. The highest BCUT2D eigenvalue weighted by atomic mass is 16.3. The predicted molar refractivity (Wildman–Crippen MR) is 66.4 cm³/mol. The molecule has 1 rings (SSSR count). The van der Waals surface area contributed by atoms with Gasteiger partial charge in [0, 0.05) is 26.2 Å². The van der Waals surface area contributed by atoms with Crippen LogP contribution >= 0.6 is 0 Å². The first kappa shape index (κ1) is 14.1. The fourth-order valence-corrected chi connectivity index (χ4v) is 1.49. The zero-order valence-electron chi connectivity index (χ0n) is 10.6. The second-order valence-electron chi connectivity index (χ2n) is 4.28. The number of amides is 1. The Bertz CT molecular complexity index is 446. The van der Waals surface area contributed by atoms with E-state index in [0.29, 0.717) is 5.56 Å². The van der Waals surface area contributed by atoms with Crippen molar-refractivity contribution in [3.8, 4) is 17.2 Å². The van der Waals surface area contributed by atoms with E-state index in [1.54, 1.807) is 21.0 Å². The predicted octanol–water partition coefficient (Wildman–Crippen LogP) is 0.370. The van der Waals surface area contributed by atoms with E-state index in [2.05, 4.69) is 5.32 Å². The van der Waals surface area contributed by atoms with E-state index in [-0.39, 0.29) is 24.0 Å². The minimum Gasteiger partial charge on any atom is -0.504 e. The molecule has 0 saturated carbocycles. The molecule has 0 heterocycles. The van der Waals surface area contributed by atoms with E-state index < -0.39 is 11.8 Å². The second kappa shape index (κ2) is 5.59. The average Bonchev–Trinajstić information content (AvgIpc) is 2.33. The molecule has 0 aliphatic heterocycles. The molecule has 0 bridgehead atoms. The number of phenols is 3. The topological polar surface area (TPSA) is 93.0 Å². The maximum Gasteiger partial charge on any atom is 0.238 e. The smallest absolute Gasteiger partial charge is 0.238 e. The van der Waals surface area contributed by atoms with Crippen LogP contribution < -0.4 is 5.32 Å². The van der Waals surface area contributed by atoms with Gasteiger partial charge in [-0.15, -0.1) is 0 Å². The molecule has 1 unspecified atom stereocenters. The third-order valence-corrected chi connectivity index (χ3v) is 2.62. The van der Waals surface area contributed by atoms with Crippen molar-refractivity contribution >= 4 is 5.91 Å². The van der Waals surface area contributed by atoms with Gasteiger partial charge in [-0.05, 0) is 13.0 Å². The molecule has 0 aromatic heterocycles. The van der Waals surface area contributed by atoms with Crippen molar-refractivity contribution in [2.75, 3.05) is 14.1 Å². The van der Waals surface area contributed by atoms with Crippen LogP contribution in [0.15, 0.2) is 12.1 Å². The Morgan fingerprint density at radius 1 is 1.28 bits per heavy atom. The van der Waals surface area contributed by atoms with Crippen molar-refractivity contribution < 1.29 is 20.1 Å². The molecule has 6 heteroatoms. The molecule has 0 saturated heterocycles. The molecule has 100 valence electrons. The van der Waals surface area contributed by atoms with E-state index in [1.165, 1.54) is 17.0 Å². The molecular weight excluding hydrogens is 236 g/mol. The molecule has 1 atom stereocenters. The molecular formula is C12H18N2O4. The quantitative estimate of drug-likeness (QED) is 0.583. The number of hydrogen-bond acceptors (Lipinski definition) is 5. The van der Waals surface area contributed by atoms with E-state index >= 15 is 0 Å². The molecule has 0 aliphatic carbocycles. The van der Waals surface area contributed by atoms with Crippen LogP contribution in [-0.4, -0.2) is 46.3 Å². The number of nitrogens with zero attached hydrogens (tertiary/aromatic N) is 1. The van der Waals surface area contributed by atoms with Gasteiger partial charge in [0.2, 0.25) is 11.7 Å². The zero-order chi connectivity index (χ0) is 13.9. The lowest BCUT2D eigenvalue weighted by Gasteiger charge is -2.18. The van der Waals surface area contributed by atoms with Gasteiger partial charge >= 0.3 is 0 Å².